The van der Waals surface area contributed by atoms with E-state index in [2.05, 4.69) is 25.7 Å². The molecule has 3 heteroatoms. The monoisotopic (exact) mass is 169 g/mol. The predicted octanol–water partition coefficient (Wildman–Crippen LogP) is 2.31. The first-order valence-corrected chi connectivity index (χ1v) is 7.10. The molecule has 0 aromatic carbocycles. The molecular weight excluding hydrogens is 154 g/mol. The highest BCUT2D eigenvalue weighted by Crippen LogP contribution is 2.07. The summed E-state index contributed by atoms with van der Waals surface area (Å²) >= 11 is 0. The molecule has 2 nitrogen and oxygen atoms in total. The summed E-state index contributed by atoms with van der Waals surface area (Å²) in [4.78, 5) is 0. The quantitative estimate of drug-likeness (QED) is 0.480. The van der Waals surface area contributed by atoms with E-state index in [1.54, 1.807) is 6.08 Å². The van der Waals surface area contributed by atoms with Crippen LogP contribution in [0.15, 0.2) is 12.2 Å². The molecule has 0 rings (SSSR count). The Labute approximate surface area is 69.6 Å². The van der Waals surface area contributed by atoms with Crippen molar-refractivity contribution in [1.29, 1.82) is 5.26 Å². The van der Waals surface area contributed by atoms with Gasteiger partial charge >= 0.3 is 0 Å². The lowest BCUT2D eigenvalue weighted by molar-refractivity contribution is 0.296. The van der Waals surface area contributed by atoms with Crippen LogP contribution < -0.4 is 0 Å². The zero-order chi connectivity index (χ0) is 8.91. The van der Waals surface area contributed by atoms with Crippen molar-refractivity contribution in [1.82, 2.24) is 0 Å². The Balaban J connectivity index is 4.02. The SMILES string of the molecule is C/C=C\[C@H](C#N)O[Si](C)(C)C. The Morgan fingerprint density at radius 3 is 2.27 bits per heavy atom. The number of hydrogen-bond acceptors (Lipinski definition) is 2. The highest BCUT2D eigenvalue weighted by Gasteiger charge is 2.18. The fourth-order valence-electron chi connectivity index (χ4n) is 0.664. The molecule has 0 saturated carbocycles. The second-order valence-electron chi connectivity index (χ2n) is 3.31. The standard InChI is InChI=1S/C8H15NOSi/c1-5-6-8(7-9)10-11(2,3)4/h5-6,8H,1-4H3/b6-5-/t8-/m1/s1. The lowest BCUT2D eigenvalue weighted by atomic mass is 10.4. The fraction of sp³-hybridized carbons (Fsp3) is 0.625. The van der Waals surface area contributed by atoms with E-state index in [0.29, 0.717) is 0 Å². The van der Waals surface area contributed by atoms with Crippen molar-refractivity contribution in [3.63, 3.8) is 0 Å². The van der Waals surface area contributed by atoms with Gasteiger partial charge in [-0.2, -0.15) is 5.26 Å². The highest BCUT2D eigenvalue weighted by atomic mass is 28.4. The number of rotatable bonds is 3. The van der Waals surface area contributed by atoms with Crippen LogP contribution in [0.2, 0.25) is 19.6 Å². The van der Waals surface area contributed by atoms with Gasteiger partial charge in [-0.1, -0.05) is 6.08 Å². The summed E-state index contributed by atoms with van der Waals surface area (Å²) in [6.07, 6.45) is 3.26. The molecule has 0 unspecified atom stereocenters. The second kappa shape index (κ2) is 4.32. The minimum Gasteiger partial charge on any atom is -0.399 e. The van der Waals surface area contributed by atoms with E-state index >= 15 is 0 Å². The van der Waals surface area contributed by atoms with E-state index in [1.165, 1.54) is 0 Å². The maximum atomic E-state index is 8.62. The van der Waals surface area contributed by atoms with Crippen LogP contribution in [0.5, 0.6) is 0 Å². The fourth-order valence-corrected chi connectivity index (χ4v) is 1.56. The molecule has 0 radical (unpaired) electrons. The van der Waals surface area contributed by atoms with E-state index in [-0.39, 0.29) is 6.10 Å². The van der Waals surface area contributed by atoms with Crippen molar-refractivity contribution in [3.8, 4) is 6.07 Å². The summed E-state index contributed by atoms with van der Waals surface area (Å²) in [5.74, 6) is 0. The Morgan fingerprint density at radius 2 is 2.00 bits per heavy atom. The van der Waals surface area contributed by atoms with Gasteiger partial charge in [-0.15, -0.1) is 0 Å². The number of allylic oxidation sites excluding steroid dienone is 1. The van der Waals surface area contributed by atoms with Crippen molar-refractivity contribution in [2.45, 2.75) is 32.7 Å². The summed E-state index contributed by atoms with van der Waals surface area (Å²) in [5, 5.41) is 8.62. The maximum absolute atomic E-state index is 8.62. The third kappa shape index (κ3) is 5.83. The third-order valence-electron chi connectivity index (χ3n) is 0.975. The molecule has 0 aliphatic rings. The summed E-state index contributed by atoms with van der Waals surface area (Å²) in [5.41, 5.74) is 0. The molecule has 0 aromatic heterocycles. The first-order chi connectivity index (χ1) is 4.99. The van der Waals surface area contributed by atoms with Crippen molar-refractivity contribution < 1.29 is 4.43 Å². The molecular formula is C8H15NOSi. The van der Waals surface area contributed by atoms with Crippen LogP contribution in [0.25, 0.3) is 0 Å². The lowest BCUT2D eigenvalue weighted by Crippen LogP contribution is -2.30. The summed E-state index contributed by atoms with van der Waals surface area (Å²) in [6, 6.07) is 2.09. The average Bonchev–Trinajstić information content (AvgIpc) is 1.84. The van der Waals surface area contributed by atoms with Crippen molar-refractivity contribution in [3.05, 3.63) is 12.2 Å². The molecule has 0 saturated heterocycles. The van der Waals surface area contributed by atoms with Crippen LogP contribution in [-0.4, -0.2) is 14.4 Å². The zero-order valence-corrected chi connectivity index (χ0v) is 8.59. The van der Waals surface area contributed by atoms with Gasteiger partial charge in [0.25, 0.3) is 0 Å². The third-order valence-corrected chi connectivity index (χ3v) is 1.94. The number of hydrogen-bond donors (Lipinski definition) is 0. The van der Waals surface area contributed by atoms with Gasteiger partial charge in [-0.3, -0.25) is 0 Å². The molecule has 0 aliphatic heterocycles. The van der Waals surface area contributed by atoms with Gasteiger partial charge in [0.05, 0.1) is 6.07 Å². The van der Waals surface area contributed by atoms with Crippen LogP contribution >= 0.6 is 0 Å². The first-order valence-electron chi connectivity index (χ1n) is 3.70. The van der Waals surface area contributed by atoms with Gasteiger partial charge < -0.3 is 4.43 Å². The zero-order valence-electron chi connectivity index (χ0n) is 7.59. The van der Waals surface area contributed by atoms with Gasteiger partial charge in [-0.05, 0) is 32.6 Å². The first kappa shape index (κ1) is 10.4. The second-order valence-corrected chi connectivity index (χ2v) is 7.77. The Bertz CT molecular complexity index is 176. The van der Waals surface area contributed by atoms with E-state index in [1.807, 2.05) is 13.0 Å². The molecule has 0 N–H and O–H groups in total. The van der Waals surface area contributed by atoms with Gasteiger partial charge in [0.2, 0.25) is 0 Å². The summed E-state index contributed by atoms with van der Waals surface area (Å²) in [7, 11) is -1.55. The molecule has 0 spiro atoms. The normalized spacial score (nSPS) is 14.8. The molecule has 1 atom stereocenters. The lowest BCUT2D eigenvalue weighted by Gasteiger charge is -2.19. The van der Waals surface area contributed by atoms with Crippen LogP contribution in [0.3, 0.4) is 0 Å². The molecule has 11 heavy (non-hydrogen) atoms. The number of nitriles is 1. The van der Waals surface area contributed by atoms with Gasteiger partial charge in [-0.25, -0.2) is 0 Å². The van der Waals surface area contributed by atoms with Crippen LogP contribution in [0.1, 0.15) is 6.92 Å². The van der Waals surface area contributed by atoms with E-state index in [9.17, 15) is 0 Å². The Hall–Kier alpha value is -0.593. The van der Waals surface area contributed by atoms with Crippen LogP contribution in [0, 0.1) is 11.3 Å². The molecule has 0 fully saturated rings. The Kier molecular flexibility index (Phi) is 4.09. The summed E-state index contributed by atoms with van der Waals surface area (Å²) in [6.45, 7) is 8.10. The average molecular weight is 169 g/mol. The molecule has 62 valence electrons. The van der Waals surface area contributed by atoms with Crippen molar-refractivity contribution in [2.24, 2.45) is 0 Å². The smallest absolute Gasteiger partial charge is 0.185 e. The molecule has 0 heterocycles. The van der Waals surface area contributed by atoms with E-state index in [4.69, 9.17) is 9.69 Å². The largest absolute Gasteiger partial charge is 0.399 e. The topological polar surface area (TPSA) is 33.0 Å². The number of nitrogens with zero attached hydrogens (tertiary/aromatic N) is 1. The molecule has 0 amide bonds. The van der Waals surface area contributed by atoms with Crippen molar-refractivity contribution >= 4 is 8.32 Å². The highest BCUT2D eigenvalue weighted by molar-refractivity contribution is 6.69. The predicted molar refractivity (Wildman–Crippen MR) is 48.6 cm³/mol. The maximum Gasteiger partial charge on any atom is 0.185 e. The Morgan fingerprint density at radius 1 is 1.45 bits per heavy atom. The molecule has 0 aliphatic carbocycles. The van der Waals surface area contributed by atoms with Gasteiger partial charge in [0.15, 0.2) is 14.4 Å². The van der Waals surface area contributed by atoms with Crippen molar-refractivity contribution in [2.75, 3.05) is 0 Å². The molecule has 0 bridgehead atoms. The van der Waals surface area contributed by atoms with Crippen LogP contribution in [0.4, 0.5) is 0 Å². The van der Waals surface area contributed by atoms with Crippen LogP contribution in [-0.2, 0) is 4.43 Å². The summed E-state index contributed by atoms with van der Waals surface area (Å²) < 4.78 is 5.52. The van der Waals surface area contributed by atoms with E-state index in [0.717, 1.165) is 0 Å². The van der Waals surface area contributed by atoms with Gasteiger partial charge in [0, 0.05) is 0 Å². The minimum absolute atomic E-state index is 0.355. The van der Waals surface area contributed by atoms with E-state index < -0.39 is 8.32 Å². The molecule has 0 aromatic rings. The van der Waals surface area contributed by atoms with Gasteiger partial charge in [0.1, 0.15) is 0 Å². The minimum atomic E-state index is -1.55.